The number of aryl methyl sites for hydroxylation is 1. The number of hydrogen-bond donors (Lipinski definition) is 6. The largest absolute Gasteiger partial charge is 0.493 e. The SMILES string of the molecule is CC(=O)O.COc1cc([C@@H](Nc2ccc(C(=N)N)cc2)C(=O)NCc2ccccc2)ccc1OCc1ccc2c(c1)NCCC2. The van der Waals surface area contributed by atoms with Gasteiger partial charge in [0.15, 0.2) is 11.5 Å². The second kappa shape index (κ2) is 15.8. The third-order valence-electron chi connectivity index (χ3n) is 7.11. The Morgan fingerprint density at radius 1 is 0.978 bits per heavy atom. The molecule has 7 N–H and O–H groups in total. The first-order valence-corrected chi connectivity index (χ1v) is 14.6. The molecule has 4 aromatic carbocycles. The lowest BCUT2D eigenvalue weighted by molar-refractivity contribution is -0.134. The molecular weight excluding hydrogens is 570 g/mol. The Hall–Kier alpha value is -5.51. The molecule has 0 aliphatic carbocycles. The summed E-state index contributed by atoms with van der Waals surface area (Å²) in [6.45, 7) is 2.86. The normalized spacial score (nSPS) is 12.2. The lowest BCUT2D eigenvalue weighted by atomic mass is 10.0. The zero-order chi connectivity index (χ0) is 32.2. The van der Waals surface area contributed by atoms with Gasteiger partial charge in [-0.15, -0.1) is 0 Å². The van der Waals surface area contributed by atoms with Crippen molar-refractivity contribution in [2.24, 2.45) is 5.73 Å². The Bertz CT molecular complexity index is 1610. The number of methoxy groups -OCH3 is 1. The van der Waals surface area contributed by atoms with Crippen LogP contribution in [-0.2, 0) is 29.2 Å². The Morgan fingerprint density at radius 3 is 2.40 bits per heavy atom. The summed E-state index contributed by atoms with van der Waals surface area (Å²) in [6.07, 6.45) is 2.24. The minimum Gasteiger partial charge on any atom is -0.493 e. The van der Waals surface area contributed by atoms with E-state index in [1.54, 1.807) is 31.4 Å². The van der Waals surface area contributed by atoms with Crippen molar-refractivity contribution in [3.8, 4) is 11.5 Å². The quantitative estimate of drug-likeness (QED) is 0.0964. The fraction of sp³-hybridized carbons (Fsp3) is 0.229. The van der Waals surface area contributed by atoms with Gasteiger partial charge in [-0.2, -0.15) is 0 Å². The Balaban J connectivity index is 0.00000109. The van der Waals surface area contributed by atoms with Crippen molar-refractivity contribution < 1.29 is 24.2 Å². The monoisotopic (exact) mass is 609 g/mol. The third kappa shape index (κ3) is 9.49. The molecule has 0 bridgehead atoms. The number of amidine groups is 1. The fourth-order valence-corrected chi connectivity index (χ4v) is 4.84. The van der Waals surface area contributed by atoms with Crippen LogP contribution in [0.25, 0.3) is 0 Å². The van der Waals surface area contributed by atoms with Crippen LogP contribution in [0.15, 0.2) is 91.0 Å². The number of aliphatic carboxylic acids is 1. The van der Waals surface area contributed by atoms with E-state index in [1.165, 1.54) is 11.3 Å². The van der Waals surface area contributed by atoms with Crippen molar-refractivity contribution in [1.82, 2.24) is 5.32 Å². The van der Waals surface area contributed by atoms with Crippen LogP contribution in [0, 0.1) is 5.41 Å². The zero-order valence-corrected chi connectivity index (χ0v) is 25.4. The number of nitrogens with two attached hydrogens (primary N) is 1. The van der Waals surface area contributed by atoms with Gasteiger partial charge in [0.2, 0.25) is 5.91 Å². The second-order valence-corrected chi connectivity index (χ2v) is 10.5. The van der Waals surface area contributed by atoms with Crippen molar-refractivity contribution in [1.29, 1.82) is 5.41 Å². The smallest absolute Gasteiger partial charge is 0.300 e. The number of hydrogen-bond acceptors (Lipinski definition) is 7. The van der Waals surface area contributed by atoms with E-state index in [0.717, 1.165) is 43.1 Å². The van der Waals surface area contributed by atoms with Gasteiger partial charge >= 0.3 is 0 Å². The molecule has 1 aliphatic rings. The van der Waals surface area contributed by atoms with Gasteiger partial charge in [0.05, 0.1) is 7.11 Å². The fourth-order valence-electron chi connectivity index (χ4n) is 4.84. The highest BCUT2D eigenvalue weighted by Crippen LogP contribution is 2.33. The maximum Gasteiger partial charge on any atom is 0.300 e. The van der Waals surface area contributed by atoms with Crippen molar-refractivity contribution >= 4 is 29.1 Å². The summed E-state index contributed by atoms with van der Waals surface area (Å²) in [5, 5.41) is 24.9. The molecule has 1 aliphatic heterocycles. The van der Waals surface area contributed by atoms with Crippen LogP contribution >= 0.6 is 0 Å². The number of anilines is 2. The molecule has 0 spiro atoms. The number of ether oxygens (including phenoxy) is 2. The predicted octanol–water partition coefficient (Wildman–Crippen LogP) is 5.48. The van der Waals surface area contributed by atoms with Gasteiger partial charge in [-0.25, -0.2) is 0 Å². The summed E-state index contributed by atoms with van der Waals surface area (Å²) in [4.78, 5) is 22.5. The first-order chi connectivity index (χ1) is 21.7. The zero-order valence-electron chi connectivity index (χ0n) is 25.4. The van der Waals surface area contributed by atoms with Crippen LogP contribution < -0.4 is 31.2 Å². The highest BCUT2D eigenvalue weighted by Gasteiger charge is 2.23. The molecule has 0 fully saturated rings. The number of benzene rings is 4. The highest BCUT2D eigenvalue weighted by molar-refractivity contribution is 5.95. The van der Waals surface area contributed by atoms with Crippen LogP contribution in [0.1, 0.15) is 47.2 Å². The van der Waals surface area contributed by atoms with E-state index in [0.29, 0.717) is 35.8 Å². The topological polar surface area (TPSA) is 159 Å². The van der Waals surface area contributed by atoms with E-state index in [4.69, 9.17) is 30.5 Å². The molecule has 1 amide bonds. The average molecular weight is 610 g/mol. The maximum absolute atomic E-state index is 13.5. The van der Waals surface area contributed by atoms with Crippen molar-refractivity contribution in [2.45, 2.75) is 39.0 Å². The molecule has 0 saturated heterocycles. The summed E-state index contributed by atoms with van der Waals surface area (Å²) in [6, 6.07) is 28.1. The molecule has 0 unspecified atom stereocenters. The van der Waals surface area contributed by atoms with Crippen LogP contribution in [0.5, 0.6) is 11.5 Å². The van der Waals surface area contributed by atoms with Crippen LogP contribution in [0.2, 0.25) is 0 Å². The van der Waals surface area contributed by atoms with Gasteiger partial charge < -0.3 is 36.3 Å². The van der Waals surface area contributed by atoms with E-state index in [1.807, 2.05) is 48.5 Å². The number of rotatable bonds is 11. The molecular formula is C35H39N5O5. The van der Waals surface area contributed by atoms with Crippen LogP contribution in [0.3, 0.4) is 0 Å². The molecule has 10 heteroatoms. The summed E-state index contributed by atoms with van der Waals surface area (Å²) < 4.78 is 11.8. The first kappa shape index (κ1) is 32.4. The minimum absolute atomic E-state index is 0.0133. The second-order valence-electron chi connectivity index (χ2n) is 10.5. The van der Waals surface area contributed by atoms with Crippen molar-refractivity contribution in [2.75, 3.05) is 24.3 Å². The van der Waals surface area contributed by atoms with E-state index in [-0.39, 0.29) is 11.7 Å². The molecule has 234 valence electrons. The van der Waals surface area contributed by atoms with Gasteiger partial charge in [-0.1, -0.05) is 48.5 Å². The van der Waals surface area contributed by atoms with Crippen molar-refractivity contribution in [3.63, 3.8) is 0 Å². The molecule has 1 heterocycles. The van der Waals surface area contributed by atoms with Gasteiger partial charge in [-0.3, -0.25) is 15.0 Å². The number of carbonyl (C=O) groups excluding carboxylic acids is 1. The Morgan fingerprint density at radius 2 is 1.71 bits per heavy atom. The number of carboxylic acid groups (broad SMARTS) is 1. The van der Waals surface area contributed by atoms with Crippen LogP contribution in [-0.4, -0.2) is 36.5 Å². The lowest BCUT2D eigenvalue weighted by Gasteiger charge is -2.22. The molecule has 1 atom stereocenters. The summed E-state index contributed by atoms with van der Waals surface area (Å²) >= 11 is 0. The number of carbonyl (C=O) groups is 2. The molecule has 0 radical (unpaired) electrons. The summed E-state index contributed by atoms with van der Waals surface area (Å²) in [7, 11) is 1.59. The standard InChI is InChI=1S/C33H35N5O3.C2H4O2/c1-40-30-19-26(13-16-29(30)41-21-23-9-10-24-8-5-17-36-28(24)18-23)31(33(39)37-20-22-6-3-2-4-7-22)38-27-14-11-25(12-15-27)32(34)35;1-2(3)4/h2-4,6-7,9-16,18-19,31,36,38H,5,8,17,20-21H2,1H3,(H3,34,35)(H,37,39);1H3,(H,3,4)/t31-;/m1./s1. The molecule has 5 rings (SSSR count). The minimum atomic E-state index is -0.833. The Kier molecular flexibility index (Phi) is 11.4. The first-order valence-electron chi connectivity index (χ1n) is 14.6. The van der Waals surface area contributed by atoms with E-state index in [2.05, 4.69) is 34.1 Å². The number of amides is 1. The molecule has 10 nitrogen and oxygen atoms in total. The summed E-state index contributed by atoms with van der Waals surface area (Å²) in [5.74, 6) is 0.0896. The van der Waals surface area contributed by atoms with Gasteiger partial charge in [0.1, 0.15) is 18.5 Å². The highest BCUT2D eigenvalue weighted by atomic mass is 16.5. The summed E-state index contributed by atoms with van der Waals surface area (Å²) in [5.41, 5.74) is 12.2. The van der Waals surface area contributed by atoms with E-state index < -0.39 is 12.0 Å². The molecule has 0 saturated carbocycles. The van der Waals surface area contributed by atoms with E-state index in [9.17, 15) is 4.79 Å². The average Bonchev–Trinajstić information content (AvgIpc) is 3.05. The maximum atomic E-state index is 13.5. The number of fused-ring (bicyclic) bond motifs is 1. The molecule has 45 heavy (non-hydrogen) atoms. The van der Waals surface area contributed by atoms with Gasteiger partial charge in [0, 0.05) is 37.0 Å². The Labute approximate surface area is 263 Å². The van der Waals surface area contributed by atoms with Crippen molar-refractivity contribution in [3.05, 3.63) is 119 Å². The number of carboxylic acids is 1. The number of nitrogen functional groups attached to an aromatic ring is 1. The molecule has 0 aromatic heterocycles. The molecule has 4 aromatic rings. The van der Waals surface area contributed by atoms with Gasteiger partial charge in [0.25, 0.3) is 5.97 Å². The lowest BCUT2D eigenvalue weighted by Crippen LogP contribution is -2.33. The van der Waals surface area contributed by atoms with Crippen LogP contribution in [0.4, 0.5) is 11.4 Å². The number of nitrogens with one attached hydrogen (secondary N) is 4. The van der Waals surface area contributed by atoms with Gasteiger partial charge in [-0.05, 0) is 77.6 Å². The third-order valence-corrected chi connectivity index (χ3v) is 7.11. The predicted molar refractivity (Wildman–Crippen MR) is 176 cm³/mol. The van der Waals surface area contributed by atoms with E-state index >= 15 is 0 Å².